The summed E-state index contributed by atoms with van der Waals surface area (Å²) in [5, 5.41) is 4.92. The Bertz CT molecular complexity index is 1030. The van der Waals surface area contributed by atoms with E-state index < -0.39 is 5.82 Å². The van der Waals surface area contributed by atoms with Gasteiger partial charge in [-0.25, -0.2) is 4.39 Å². The average molecular weight is 362 g/mol. The number of nitrogens with zero attached hydrogens (tertiary/aromatic N) is 1. The van der Waals surface area contributed by atoms with Crippen LogP contribution in [-0.2, 0) is 16.0 Å². The minimum absolute atomic E-state index is 0.0676. The van der Waals surface area contributed by atoms with Crippen LogP contribution in [0, 0.1) is 5.82 Å². The van der Waals surface area contributed by atoms with E-state index in [1.807, 2.05) is 42.5 Å². The Labute approximate surface area is 156 Å². The molecule has 0 unspecified atom stereocenters. The van der Waals surface area contributed by atoms with E-state index in [-0.39, 0.29) is 23.9 Å². The van der Waals surface area contributed by atoms with Crippen LogP contribution in [0.25, 0.3) is 10.8 Å². The molecule has 27 heavy (non-hydrogen) atoms. The van der Waals surface area contributed by atoms with Gasteiger partial charge in [0.05, 0.1) is 12.1 Å². The van der Waals surface area contributed by atoms with Gasteiger partial charge in [0.1, 0.15) is 5.82 Å². The number of fused-ring (bicyclic) bond motifs is 1. The summed E-state index contributed by atoms with van der Waals surface area (Å²) in [6.07, 6.45) is 1.39. The number of halogens is 1. The predicted octanol–water partition coefficient (Wildman–Crippen LogP) is 4.29. The van der Waals surface area contributed by atoms with E-state index in [0.29, 0.717) is 18.7 Å². The second-order valence-electron chi connectivity index (χ2n) is 6.72. The molecule has 3 aromatic carbocycles. The van der Waals surface area contributed by atoms with Gasteiger partial charge in [-0.3, -0.25) is 9.59 Å². The molecular weight excluding hydrogens is 343 g/mol. The monoisotopic (exact) mass is 362 g/mol. The molecule has 1 aliphatic rings. The number of rotatable bonds is 4. The number of hydrogen-bond acceptors (Lipinski definition) is 2. The molecular formula is C22H19FN2O2. The molecule has 5 heteroatoms. The van der Waals surface area contributed by atoms with E-state index in [1.54, 1.807) is 12.1 Å². The number of carbonyl (C=O) groups is 2. The first-order valence-electron chi connectivity index (χ1n) is 8.97. The molecule has 2 amide bonds. The summed E-state index contributed by atoms with van der Waals surface area (Å²) >= 11 is 0. The van der Waals surface area contributed by atoms with Gasteiger partial charge >= 0.3 is 0 Å². The quantitative estimate of drug-likeness (QED) is 0.753. The summed E-state index contributed by atoms with van der Waals surface area (Å²) in [5.74, 6) is -0.787. The highest BCUT2D eigenvalue weighted by molar-refractivity contribution is 5.96. The highest BCUT2D eigenvalue weighted by Crippen LogP contribution is 2.27. The predicted molar refractivity (Wildman–Crippen MR) is 104 cm³/mol. The first-order chi connectivity index (χ1) is 13.1. The maximum atomic E-state index is 14.4. The lowest BCUT2D eigenvalue weighted by molar-refractivity contribution is -0.117. The van der Waals surface area contributed by atoms with Gasteiger partial charge in [-0.1, -0.05) is 42.5 Å². The van der Waals surface area contributed by atoms with Crippen molar-refractivity contribution in [1.29, 1.82) is 0 Å². The fraction of sp³-hybridized carbons (Fsp3) is 0.182. The zero-order valence-corrected chi connectivity index (χ0v) is 14.7. The molecule has 0 aromatic heterocycles. The molecule has 4 rings (SSSR count). The van der Waals surface area contributed by atoms with Crippen molar-refractivity contribution in [2.75, 3.05) is 16.8 Å². The van der Waals surface area contributed by atoms with Gasteiger partial charge in [0.2, 0.25) is 11.8 Å². The van der Waals surface area contributed by atoms with E-state index >= 15 is 0 Å². The van der Waals surface area contributed by atoms with E-state index in [0.717, 1.165) is 22.8 Å². The Morgan fingerprint density at radius 3 is 2.59 bits per heavy atom. The third-order valence-electron chi connectivity index (χ3n) is 4.77. The SMILES string of the molecule is O=C(Cc1ccc2ccccc2c1)Nc1ccc(N2CCCC2=O)c(F)c1. The van der Waals surface area contributed by atoms with Crippen LogP contribution in [0.15, 0.2) is 60.7 Å². The fourth-order valence-corrected chi connectivity index (χ4v) is 3.45. The maximum Gasteiger partial charge on any atom is 0.228 e. The van der Waals surface area contributed by atoms with E-state index in [2.05, 4.69) is 5.32 Å². The van der Waals surface area contributed by atoms with Crippen LogP contribution >= 0.6 is 0 Å². The summed E-state index contributed by atoms with van der Waals surface area (Å²) in [6, 6.07) is 18.3. The van der Waals surface area contributed by atoms with E-state index in [1.165, 1.54) is 11.0 Å². The van der Waals surface area contributed by atoms with Crippen molar-refractivity contribution in [3.05, 3.63) is 72.0 Å². The third-order valence-corrected chi connectivity index (χ3v) is 4.77. The smallest absolute Gasteiger partial charge is 0.228 e. The van der Waals surface area contributed by atoms with Crippen molar-refractivity contribution in [2.45, 2.75) is 19.3 Å². The molecule has 0 atom stereocenters. The van der Waals surface area contributed by atoms with Gasteiger partial charge in [0, 0.05) is 18.7 Å². The standard InChI is InChI=1S/C22H19FN2O2/c23-19-14-18(9-10-20(19)25-11-3-6-22(25)27)24-21(26)13-15-7-8-16-4-1-2-5-17(16)12-15/h1-2,4-5,7-10,12,14H,3,6,11,13H2,(H,24,26). The molecule has 4 nitrogen and oxygen atoms in total. The van der Waals surface area contributed by atoms with Crippen LogP contribution in [0.4, 0.5) is 15.8 Å². The highest BCUT2D eigenvalue weighted by atomic mass is 19.1. The number of hydrogen-bond donors (Lipinski definition) is 1. The lowest BCUT2D eigenvalue weighted by Crippen LogP contribution is -2.24. The molecule has 0 radical (unpaired) electrons. The van der Waals surface area contributed by atoms with Crippen molar-refractivity contribution < 1.29 is 14.0 Å². The van der Waals surface area contributed by atoms with Crippen molar-refractivity contribution in [3.8, 4) is 0 Å². The molecule has 1 aliphatic heterocycles. The van der Waals surface area contributed by atoms with Crippen molar-refractivity contribution in [2.24, 2.45) is 0 Å². The third kappa shape index (κ3) is 3.67. The van der Waals surface area contributed by atoms with Gasteiger partial charge in [-0.05, 0) is 41.0 Å². The van der Waals surface area contributed by atoms with Gasteiger partial charge in [0.25, 0.3) is 0 Å². The van der Waals surface area contributed by atoms with Crippen LogP contribution in [0.3, 0.4) is 0 Å². The molecule has 1 saturated heterocycles. The minimum atomic E-state index is -0.506. The summed E-state index contributed by atoms with van der Waals surface area (Å²) in [4.78, 5) is 25.6. The lowest BCUT2D eigenvalue weighted by Gasteiger charge is -2.17. The molecule has 3 aromatic rings. The van der Waals surface area contributed by atoms with Gasteiger partial charge in [-0.15, -0.1) is 0 Å². The second kappa shape index (κ2) is 7.19. The van der Waals surface area contributed by atoms with Crippen LogP contribution < -0.4 is 10.2 Å². The number of benzene rings is 3. The zero-order chi connectivity index (χ0) is 18.8. The molecule has 1 fully saturated rings. The molecule has 0 aliphatic carbocycles. The van der Waals surface area contributed by atoms with Crippen LogP contribution in [0.1, 0.15) is 18.4 Å². The van der Waals surface area contributed by atoms with Crippen molar-refractivity contribution in [1.82, 2.24) is 0 Å². The molecule has 0 bridgehead atoms. The first-order valence-corrected chi connectivity index (χ1v) is 8.97. The second-order valence-corrected chi connectivity index (χ2v) is 6.72. The van der Waals surface area contributed by atoms with E-state index in [9.17, 15) is 14.0 Å². The molecule has 1 N–H and O–H groups in total. The normalized spacial score (nSPS) is 14.0. The van der Waals surface area contributed by atoms with Gasteiger partial charge in [-0.2, -0.15) is 0 Å². The van der Waals surface area contributed by atoms with E-state index in [4.69, 9.17) is 0 Å². The molecule has 0 saturated carbocycles. The fourth-order valence-electron chi connectivity index (χ4n) is 3.45. The zero-order valence-electron chi connectivity index (χ0n) is 14.7. The van der Waals surface area contributed by atoms with Crippen LogP contribution in [-0.4, -0.2) is 18.4 Å². The number of anilines is 2. The molecule has 1 heterocycles. The van der Waals surface area contributed by atoms with Gasteiger partial charge in [0.15, 0.2) is 0 Å². The Kier molecular flexibility index (Phi) is 4.59. The first kappa shape index (κ1) is 17.2. The summed E-state index contributed by atoms with van der Waals surface area (Å²) in [5.41, 5.74) is 1.55. The van der Waals surface area contributed by atoms with Gasteiger partial charge < -0.3 is 10.2 Å². The van der Waals surface area contributed by atoms with Crippen molar-refractivity contribution in [3.63, 3.8) is 0 Å². The van der Waals surface area contributed by atoms with Crippen LogP contribution in [0.2, 0.25) is 0 Å². The highest BCUT2D eigenvalue weighted by Gasteiger charge is 2.24. The number of nitrogens with one attached hydrogen (secondary N) is 1. The Morgan fingerprint density at radius 2 is 1.85 bits per heavy atom. The molecule has 0 spiro atoms. The largest absolute Gasteiger partial charge is 0.326 e. The summed E-state index contributed by atoms with van der Waals surface area (Å²) in [6.45, 7) is 0.531. The Hall–Kier alpha value is -3.21. The Morgan fingerprint density at radius 1 is 1.04 bits per heavy atom. The number of carbonyl (C=O) groups excluding carboxylic acids is 2. The molecule has 136 valence electrons. The summed E-state index contributed by atoms with van der Waals surface area (Å²) < 4.78 is 14.4. The summed E-state index contributed by atoms with van der Waals surface area (Å²) in [7, 11) is 0. The van der Waals surface area contributed by atoms with Crippen LogP contribution in [0.5, 0.6) is 0 Å². The lowest BCUT2D eigenvalue weighted by atomic mass is 10.0. The Balaban J connectivity index is 1.45. The number of amides is 2. The maximum absolute atomic E-state index is 14.4. The van der Waals surface area contributed by atoms with Crippen molar-refractivity contribution >= 4 is 34.0 Å². The minimum Gasteiger partial charge on any atom is -0.326 e. The average Bonchev–Trinajstić information content (AvgIpc) is 3.07. The topological polar surface area (TPSA) is 49.4 Å².